The zero-order valence-corrected chi connectivity index (χ0v) is 11.3. The van der Waals surface area contributed by atoms with Crippen LogP contribution >= 0.6 is 0 Å². The molecular formula is C13H17FO3S. The third-order valence-electron chi connectivity index (χ3n) is 2.53. The van der Waals surface area contributed by atoms with E-state index in [9.17, 15) is 17.6 Å². The minimum atomic E-state index is -3.46. The largest absolute Gasteiger partial charge is 0.293 e. The number of sulfone groups is 1. The van der Waals surface area contributed by atoms with Gasteiger partial charge < -0.3 is 0 Å². The maximum atomic E-state index is 13.3. The molecule has 0 saturated heterocycles. The van der Waals surface area contributed by atoms with E-state index < -0.39 is 27.2 Å². The highest BCUT2D eigenvalue weighted by Crippen LogP contribution is 2.10. The van der Waals surface area contributed by atoms with Crippen molar-refractivity contribution in [1.29, 1.82) is 0 Å². The summed E-state index contributed by atoms with van der Waals surface area (Å²) in [6, 6.07) is 5.42. The van der Waals surface area contributed by atoms with Gasteiger partial charge in [-0.3, -0.25) is 4.79 Å². The molecule has 1 aromatic rings. The normalized spacial score (nSPS) is 11.8. The summed E-state index contributed by atoms with van der Waals surface area (Å²) >= 11 is 0. The molecule has 0 saturated carbocycles. The molecule has 0 aromatic heterocycles. The van der Waals surface area contributed by atoms with Crippen LogP contribution in [-0.4, -0.2) is 25.7 Å². The molecule has 0 aliphatic rings. The molecule has 0 spiro atoms. The number of rotatable bonds is 6. The standard InChI is InChI=1S/C13H17FO3S/c1-10(2)7-8-18(16,17)9-13(15)11-5-3-4-6-12(11)14/h3-6,10H,7-9H2,1-2H3. The lowest BCUT2D eigenvalue weighted by molar-refractivity contribution is 0.101. The van der Waals surface area contributed by atoms with Crippen molar-refractivity contribution in [1.82, 2.24) is 0 Å². The van der Waals surface area contributed by atoms with Gasteiger partial charge in [0.15, 0.2) is 15.6 Å². The van der Waals surface area contributed by atoms with Gasteiger partial charge in [0.05, 0.1) is 11.3 Å². The van der Waals surface area contributed by atoms with Crippen molar-refractivity contribution in [3.63, 3.8) is 0 Å². The Kier molecular flexibility index (Phi) is 5.02. The molecule has 0 heterocycles. The maximum Gasteiger partial charge on any atom is 0.180 e. The van der Waals surface area contributed by atoms with Crippen molar-refractivity contribution >= 4 is 15.6 Å². The Morgan fingerprint density at radius 2 is 1.89 bits per heavy atom. The van der Waals surface area contributed by atoms with E-state index in [1.165, 1.54) is 18.2 Å². The first-order chi connectivity index (χ1) is 8.32. The molecule has 0 aliphatic heterocycles. The van der Waals surface area contributed by atoms with E-state index >= 15 is 0 Å². The van der Waals surface area contributed by atoms with E-state index in [0.29, 0.717) is 6.42 Å². The minimum absolute atomic E-state index is 0.0368. The average molecular weight is 272 g/mol. The van der Waals surface area contributed by atoms with Crippen LogP contribution in [0.1, 0.15) is 30.6 Å². The van der Waals surface area contributed by atoms with Crippen LogP contribution in [0.3, 0.4) is 0 Å². The monoisotopic (exact) mass is 272 g/mol. The van der Waals surface area contributed by atoms with E-state index in [-0.39, 0.29) is 17.2 Å². The molecule has 0 radical (unpaired) electrons. The summed E-state index contributed by atoms with van der Waals surface area (Å²) in [5.74, 6) is -1.77. The van der Waals surface area contributed by atoms with Crippen molar-refractivity contribution in [2.45, 2.75) is 20.3 Å². The predicted molar refractivity (Wildman–Crippen MR) is 68.8 cm³/mol. The van der Waals surface area contributed by atoms with E-state index in [4.69, 9.17) is 0 Å². The fourth-order valence-electron chi connectivity index (χ4n) is 1.45. The third-order valence-corrected chi connectivity index (χ3v) is 4.09. The van der Waals surface area contributed by atoms with Crippen molar-refractivity contribution in [2.24, 2.45) is 5.92 Å². The van der Waals surface area contributed by atoms with Gasteiger partial charge in [-0.05, 0) is 24.5 Å². The quantitative estimate of drug-likeness (QED) is 0.747. The molecule has 1 aromatic carbocycles. The van der Waals surface area contributed by atoms with Gasteiger partial charge in [0, 0.05) is 0 Å². The Morgan fingerprint density at radius 1 is 1.28 bits per heavy atom. The molecule has 3 nitrogen and oxygen atoms in total. The van der Waals surface area contributed by atoms with Gasteiger partial charge in [-0.15, -0.1) is 0 Å². The fraction of sp³-hybridized carbons (Fsp3) is 0.462. The van der Waals surface area contributed by atoms with Crippen LogP contribution in [-0.2, 0) is 9.84 Å². The van der Waals surface area contributed by atoms with Gasteiger partial charge >= 0.3 is 0 Å². The van der Waals surface area contributed by atoms with Crippen molar-refractivity contribution in [3.8, 4) is 0 Å². The van der Waals surface area contributed by atoms with Gasteiger partial charge in [-0.2, -0.15) is 0 Å². The minimum Gasteiger partial charge on any atom is -0.293 e. The summed E-state index contributed by atoms with van der Waals surface area (Å²) in [6.45, 7) is 3.82. The van der Waals surface area contributed by atoms with Gasteiger partial charge in [0.25, 0.3) is 0 Å². The molecule has 5 heteroatoms. The molecule has 0 unspecified atom stereocenters. The predicted octanol–water partition coefficient (Wildman–Crippen LogP) is 2.47. The maximum absolute atomic E-state index is 13.3. The van der Waals surface area contributed by atoms with Crippen LogP contribution in [0.4, 0.5) is 4.39 Å². The summed E-state index contributed by atoms with van der Waals surface area (Å²) < 4.78 is 36.7. The zero-order valence-electron chi connectivity index (χ0n) is 10.5. The molecule has 0 fully saturated rings. The number of halogens is 1. The summed E-state index contributed by atoms with van der Waals surface area (Å²) in [4.78, 5) is 11.7. The molecule has 0 aliphatic carbocycles. The van der Waals surface area contributed by atoms with Crippen LogP contribution < -0.4 is 0 Å². The molecule has 18 heavy (non-hydrogen) atoms. The third kappa shape index (κ3) is 4.56. The molecule has 100 valence electrons. The highest BCUT2D eigenvalue weighted by atomic mass is 32.2. The zero-order chi connectivity index (χ0) is 13.8. The van der Waals surface area contributed by atoms with E-state index in [1.807, 2.05) is 13.8 Å². The number of hydrogen-bond acceptors (Lipinski definition) is 3. The summed E-state index contributed by atoms with van der Waals surface area (Å²) in [7, 11) is -3.46. The smallest absolute Gasteiger partial charge is 0.180 e. The summed E-state index contributed by atoms with van der Waals surface area (Å²) in [5.41, 5.74) is -0.161. The van der Waals surface area contributed by atoms with Crippen LogP contribution in [0, 0.1) is 11.7 Å². The number of hydrogen-bond donors (Lipinski definition) is 0. The first-order valence-electron chi connectivity index (χ1n) is 5.80. The van der Waals surface area contributed by atoms with Crippen LogP contribution in [0.2, 0.25) is 0 Å². The lowest BCUT2D eigenvalue weighted by Crippen LogP contribution is -2.20. The first-order valence-corrected chi connectivity index (χ1v) is 7.62. The SMILES string of the molecule is CC(C)CCS(=O)(=O)CC(=O)c1ccccc1F. The van der Waals surface area contributed by atoms with Crippen LogP contribution in [0.5, 0.6) is 0 Å². The molecule has 0 bridgehead atoms. The van der Waals surface area contributed by atoms with Gasteiger partial charge in [-0.25, -0.2) is 12.8 Å². The summed E-state index contributed by atoms with van der Waals surface area (Å²) in [5, 5.41) is 0. The number of ketones is 1. The van der Waals surface area contributed by atoms with Crippen molar-refractivity contribution in [3.05, 3.63) is 35.6 Å². The number of Topliss-reactive ketones (excluding diaryl/α,β-unsaturated/α-hetero) is 1. The van der Waals surface area contributed by atoms with Crippen LogP contribution in [0.15, 0.2) is 24.3 Å². The average Bonchev–Trinajstić information content (AvgIpc) is 2.26. The van der Waals surface area contributed by atoms with Crippen molar-refractivity contribution in [2.75, 3.05) is 11.5 Å². The fourth-order valence-corrected chi connectivity index (χ4v) is 2.98. The van der Waals surface area contributed by atoms with Gasteiger partial charge in [0.1, 0.15) is 11.6 Å². The number of benzene rings is 1. The lowest BCUT2D eigenvalue weighted by atomic mass is 10.1. The topological polar surface area (TPSA) is 51.2 Å². The van der Waals surface area contributed by atoms with E-state index in [0.717, 1.165) is 6.07 Å². The number of carbonyl (C=O) groups is 1. The Bertz CT molecular complexity index is 521. The molecule has 0 amide bonds. The molecule has 0 N–H and O–H groups in total. The Labute approximate surface area is 107 Å². The Morgan fingerprint density at radius 3 is 2.44 bits per heavy atom. The second-order valence-corrected chi connectivity index (χ2v) is 6.86. The highest BCUT2D eigenvalue weighted by molar-refractivity contribution is 7.92. The molecule has 1 rings (SSSR count). The highest BCUT2D eigenvalue weighted by Gasteiger charge is 2.20. The Balaban J connectivity index is 2.73. The van der Waals surface area contributed by atoms with E-state index in [2.05, 4.69) is 0 Å². The lowest BCUT2D eigenvalue weighted by Gasteiger charge is -2.06. The summed E-state index contributed by atoms with van der Waals surface area (Å²) in [6.07, 6.45) is 0.507. The van der Waals surface area contributed by atoms with Gasteiger partial charge in [0.2, 0.25) is 0 Å². The van der Waals surface area contributed by atoms with Crippen LogP contribution in [0.25, 0.3) is 0 Å². The first kappa shape index (κ1) is 14.8. The Hall–Kier alpha value is -1.23. The second kappa shape index (κ2) is 6.09. The number of carbonyl (C=O) groups excluding carboxylic acids is 1. The van der Waals surface area contributed by atoms with Crippen molar-refractivity contribution < 1.29 is 17.6 Å². The van der Waals surface area contributed by atoms with Gasteiger partial charge in [-0.1, -0.05) is 26.0 Å². The second-order valence-electron chi connectivity index (χ2n) is 4.68. The molecule has 0 atom stereocenters. The van der Waals surface area contributed by atoms with E-state index in [1.54, 1.807) is 0 Å². The molecular weight excluding hydrogens is 255 g/mol.